The minimum Gasteiger partial charge on any atom is -0.250 e. The Morgan fingerprint density at radius 1 is 1.26 bits per heavy atom. The molecule has 0 saturated heterocycles. The maximum Gasteiger partial charge on any atom is 0.453 e. The van der Waals surface area contributed by atoms with Crippen LogP contribution in [0.1, 0.15) is 11.4 Å². The van der Waals surface area contributed by atoms with Crippen molar-refractivity contribution < 1.29 is 17.6 Å². The number of aromatic nitrogens is 3. The van der Waals surface area contributed by atoms with Crippen molar-refractivity contribution in [3.63, 3.8) is 0 Å². The van der Waals surface area contributed by atoms with Crippen LogP contribution in [0.25, 0.3) is 0 Å². The van der Waals surface area contributed by atoms with Crippen LogP contribution in [0.2, 0.25) is 0 Å². The molecule has 0 atom stereocenters. The highest BCUT2D eigenvalue weighted by molar-refractivity contribution is 7.71. The molecule has 0 aliphatic heterocycles. The second-order valence-electron chi connectivity index (χ2n) is 3.46. The van der Waals surface area contributed by atoms with Gasteiger partial charge in [0.05, 0.1) is 6.21 Å². The summed E-state index contributed by atoms with van der Waals surface area (Å²) < 4.78 is 50.5. The summed E-state index contributed by atoms with van der Waals surface area (Å²) >= 11 is 4.65. The third-order valence-electron chi connectivity index (χ3n) is 2.10. The van der Waals surface area contributed by atoms with E-state index in [0.29, 0.717) is 10.2 Å². The second kappa shape index (κ2) is 4.92. The zero-order chi connectivity index (χ0) is 14.0. The average Bonchev–Trinajstić information content (AvgIpc) is 2.70. The average molecular weight is 290 g/mol. The van der Waals surface area contributed by atoms with Crippen LogP contribution < -0.4 is 0 Å². The Morgan fingerprint density at radius 2 is 1.89 bits per heavy atom. The van der Waals surface area contributed by atoms with Crippen LogP contribution in [0.3, 0.4) is 0 Å². The number of nitrogens with one attached hydrogen (secondary N) is 1. The minimum atomic E-state index is -4.67. The van der Waals surface area contributed by atoms with Gasteiger partial charge in [-0.3, -0.25) is 0 Å². The van der Waals surface area contributed by atoms with Crippen molar-refractivity contribution in [2.75, 3.05) is 0 Å². The summed E-state index contributed by atoms with van der Waals surface area (Å²) in [6.45, 7) is 0. The van der Waals surface area contributed by atoms with Crippen molar-refractivity contribution in [3.05, 3.63) is 46.2 Å². The number of benzene rings is 1. The standard InChI is InChI=1S/C10H6F4N4S/c11-7-3-1-6(2-4-7)5-15-18-8(10(12,13)14)16-17-9(18)19/h1-5H,(H,17,19). The van der Waals surface area contributed by atoms with Crippen molar-refractivity contribution in [1.29, 1.82) is 0 Å². The number of aromatic amines is 1. The van der Waals surface area contributed by atoms with E-state index in [4.69, 9.17) is 0 Å². The normalized spacial score (nSPS) is 12.2. The SMILES string of the molecule is Fc1ccc(C=Nn2c(C(F)(F)F)n[nH]c2=S)cc1. The third-order valence-corrected chi connectivity index (χ3v) is 2.36. The van der Waals surface area contributed by atoms with E-state index in [0.717, 1.165) is 6.21 Å². The molecule has 0 bridgehead atoms. The Kier molecular flexibility index (Phi) is 3.47. The number of halogens is 4. The van der Waals surface area contributed by atoms with Gasteiger partial charge in [0, 0.05) is 0 Å². The molecule has 100 valence electrons. The molecule has 0 saturated carbocycles. The Labute approximate surface area is 109 Å². The first kappa shape index (κ1) is 13.4. The Morgan fingerprint density at radius 3 is 2.47 bits per heavy atom. The van der Waals surface area contributed by atoms with Crippen LogP contribution in [0.5, 0.6) is 0 Å². The largest absolute Gasteiger partial charge is 0.453 e. The molecular weight excluding hydrogens is 284 g/mol. The number of hydrogen-bond acceptors (Lipinski definition) is 3. The lowest BCUT2D eigenvalue weighted by Crippen LogP contribution is -2.12. The number of nitrogens with zero attached hydrogens (tertiary/aromatic N) is 3. The molecule has 1 aromatic carbocycles. The van der Waals surface area contributed by atoms with Gasteiger partial charge in [-0.15, -0.1) is 5.10 Å². The van der Waals surface area contributed by atoms with Crippen molar-refractivity contribution in [2.45, 2.75) is 6.18 Å². The lowest BCUT2D eigenvalue weighted by molar-refractivity contribution is -0.147. The molecule has 0 amide bonds. The summed E-state index contributed by atoms with van der Waals surface area (Å²) in [5, 5.41) is 8.66. The van der Waals surface area contributed by atoms with E-state index in [2.05, 4.69) is 22.4 Å². The maximum absolute atomic E-state index is 12.7. The molecule has 19 heavy (non-hydrogen) atoms. The second-order valence-corrected chi connectivity index (χ2v) is 3.84. The van der Waals surface area contributed by atoms with Crippen LogP contribution in [-0.2, 0) is 6.18 Å². The van der Waals surface area contributed by atoms with E-state index in [1.165, 1.54) is 24.3 Å². The molecule has 0 aliphatic rings. The molecule has 9 heteroatoms. The highest BCUT2D eigenvalue weighted by atomic mass is 32.1. The fraction of sp³-hybridized carbons (Fsp3) is 0.100. The van der Waals surface area contributed by atoms with E-state index in [-0.39, 0.29) is 4.77 Å². The van der Waals surface area contributed by atoms with E-state index < -0.39 is 17.8 Å². The van der Waals surface area contributed by atoms with Crippen LogP contribution in [0.15, 0.2) is 29.4 Å². The van der Waals surface area contributed by atoms with Gasteiger partial charge < -0.3 is 0 Å². The lowest BCUT2D eigenvalue weighted by atomic mass is 10.2. The van der Waals surface area contributed by atoms with Crippen LogP contribution >= 0.6 is 12.2 Å². The monoisotopic (exact) mass is 290 g/mol. The Balaban J connectivity index is 2.36. The van der Waals surface area contributed by atoms with Crippen LogP contribution in [-0.4, -0.2) is 21.1 Å². The summed E-state index contributed by atoms with van der Waals surface area (Å²) in [7, 11) is 0. The third kappa shape index (κ3) is 3.05. The van der Waals surface area contributed by atoms with Crippen LogP contribution in [0, 0.1) is 10.6 Å². The molecule has 2 rings (SSSR count). The van der Waals surface area contributed by atoms with E-state index in [1.807, 2.05) is 5.10 Å². The fourth-order valence-corrected chi connectivity index (χ4v) is 1.43. The predicted octanol–water partition coefficient (Wildman–Crippen LogP) is 2.98. The number of H-pyrrole nitrogens is 1. The molecule has 0 aliphatic carbocycles. The number of hydrogen-bond donors (Lipinski definition) is 1. The summed E-state index contributed by atoms with van der Waals surface area (Å²) in [4.78, 5) is 0. The smallest absolute Gasteiger partial charge is 0.250 e. The Hall–Kier alpha value is -2.03. The van der Waals surface area contributed by atoms with Crippen molar-refractivity contribution >= 4 is 18.4 Å². The molecule has 1 N–H and O–H groups in total. The lowest BCUT2D eigenvalue weighted by Gasteiger charge is -2.03. The molecule has 0 radical (unpaired) electrons. The first-order valence-corrected chi connectivity index (χ1v) is 5.33. The molecule has 0 unspecified atom stereocenters. The maximum atomic E-state index is 12.7. The first-order chi connectivity index (χ1) is 8.88. The molecule has 4 nitrogen and oxygen atoms in total. The van der Waals surface area contributed by atoms with Crippen molar-refractivity contribution in [1.82, 2.24) is 14.9 Å². The van der Waals surface area contributed by atoms with Gasteiger partial charge in [0.1, 0.15) is 5.82 Å². The highest BCUT2D eigenvalue weighted by Gasteiger charge is 2.37. The zero-order valence-electron chi connectivity index (χ0n) is 9.15. The first-order valence-electron chi connectivity index (χ1n) is 4.92. The predicted molar refractivity (Wildman–Crippen MR) is 61.8 cm³/mol. The van der Waals surface area contributed by atoms with E-state index >= 15 is 0 Å². The molecule has 2 aromatic rings. The quantitative estimate of drug-likeness (QED) is 0.525. The van der Waals surface area contributed by atoms with Gasteiger partial charge in [0.25, 0.3) is 5.82 Å². The van der Waals surface area contributed by atoms with Gasteiger partial charge in [0.15, 0.2) is 0 Å². The van der Waals surface area contributed by atoms with E-state index in [9.17, 15) is 17.6 Å². The number of rotatable bonds is 2. The molecule has 0 spiro atoms. The van der Waals surface area contributed by atoms with Gasteiger partial charge >= 0.3 is 6.18 Å². The van der Waals surface area contributed by atoms with Gasteiger partial charge in [-0.25, -0.2) is 9.49 Å². The van der Waals surface area contributed by atoms with Gasteiger partial charge in [-0.05, 0) is 29.9 Å². The topological polar surface area (TPSA) is 46.0 Å². The summed E-state index contributed by atoms with van der Waals surface area (Å²) in [5.74, 6) is -1.70. The highest BCUT2D eigenvalue weighted by Crippen LogP contribution is 2.27. The van der Waals surface area contributed by atoms with Crippen LogP contribution in [0.4, 0.5) is 17.6 Å². The molecule has 0 fully saturated rings. The molecular formula is C10H6F4N4S. The van der Waals surface area contributed by atoms with Gasteiger partial charge in [-0.2, -0.15) is 22.9 Å². The van der Waals surface area contributed by atoms with Gasteiger partial charge in [0.2, 0.25) is 4.77 Å². The fourth-order valence-electron chi connectivity index (χ4n) is 1.26. The van der Waals surface area contributed by atoms with E-state index in [1.54, 1.807) is 0 Å². The Bertz CT molecular complexity index is 653. The number of alkyl halides is 3. The van der Waals surface area contributed by atoms with Gasteiger partial charge in [-0.1, -0.05) is 12.1 Å². The molecule has 1 heterocycles. The summed E-state index contributed by atoms with van der Waals surface area (Å²) in [6, 6.07) is 5.08. The molecule has 1 aromatic heterocycles. The summed E-state index contributed by atoms with van der Waals surface area (Å²) in [5.41, 5.74) is 0.428. The minimum absolute atomic E-state index is 0.286. The zero-order valence-corrected chi connectivity index (χ0v) is 9.96. The van der Waals surface area contributed by atoms with Crippen molar-refractivity contribution in [3.8, 4) is 0 Å². The summed E-state index contributed by atoms with van der Waals surface area (Å²) in [6.07, 6.45) is -3.55. The van der Waals surface area contributed by atoms with Crippen molar-refractivity contribution in [2.24, 2.45) is 5.10 Å².